The van der Waals surface area contributed by atoms with E-state index in [4.69, 9.17) is 20.3 Å². The van der Waals surface area contributed by atoms with Crippen molar-refractivity contribution >= 4 is 5.69 Å². The second-order valence-electron chi connectivity index (χ2n) is 4.38. The zero-order valence-corrected chi connectivity index (χ0v) is 10.1. The van der Waals surface area contributed by atoms with Crippen LogP contribution in [0.4, 0.5) is 5.69 Å². The van der Waals surface area contributed by atoms with Gasteiger partial charge in [0.05, 0.1) is 6.61 Å². The molecule has 0 aromatic heterocycles. The summed E-state index contributed by atoms with van der Waals surface area (Å²) >= 11 is 0. The van der Waals surface area contributed by atoms with Gasteiger partial charge in [0.2, 0.25) is 6.29 Å². The minimum Gasteiger partial charge on any atom is -0.462 e. The van der Waals surface area contributed by atoms with Gasteiger partial charge in [0.15, 0.2) is 0 Å². The highest BCUT2D eigenvalue weighted by molar-refractivity contribution is 5.41. The van der Waals surface area contributed by atoms with E-state index in [1.807, 2.05) is 0 Å². The largest absolute Gasteiger partial charge is 0.462 e. The summed E-state index contributed by atoms with van der Waals surface area (Å²) < 4.78 is 10.6. The molecule has 1 aromatic rings. The van der Waals surface area contributed by atoms with Crippen LogP contribution in [0.25, 0.3) is 0 Å². The Labute approximate surface area is 109 Å². The zero-order valence-electron chi connectivity index (χ0n) is 10.1. The number of rotatable bonds is 3. The highest BCUT2D eigenvalue weighted by Gasteiger charge is 2.44. The van der Waals surface area contributed by atoms with Crippen molar-refractivity contribution in [2.45, 2.75) is 30.7 Å². The number of nitrogen functional groups attached to an aromatic ring is 1. The Kier molecular flexibility index (Phi) is 4.23. The Morgan fingerprint density at radius 1 is 1.05 bits per heavy atom. The zero-order chi connectivity index (χ0) is 14.0. The van der Waals surface area contributed by atoms with Crippen molar-refractivity contribution in [2.75, 3.05) is 12.3 Å². The molecule has 1 aliphatic rings. The van der Waals surface area contributed by atoms with Crippen molar-refractivity contribution < 1.29 is 29.9 Å². The van der Waals surface area contributed by atoms with Crippen LogP contribution in [0.5, 0.6) is 5.75 Å². The second-order valence-corrected chi connectivity index (χ2v) is 4.38. The van der Waals surface area contributed by atoms with Crippen molar-refractivity contribution in [3.8, 4) is 5.75 Å². The molecule has 0 amide bonds. The first-order valence-electron chi connectivity index (χ1n) is 5.85. The van der Waals surface area contributed by atoms with Gasteiger partial charge in [-0.05, 0) is 24.3 Å². The smallest absolute Gasteiger partial charge is 0.229 e. The van der Waals surface area contributed by atoms with E-state index in [2.05, 4.69) is 0 Å². The van der Waals surface area contributed by atoms with E-state index in [1.54, 1.807) is 24.3 Å². The number of benzene rings is 1. The second kappa shape index (κ2) is 5.72. The summed E-state index contributed by atoms with van der Waals surface area (Å²) in [6.45, 7) is -0.494. The minimum absolute atomic E-state index is 0.388. The lowest BCUT2D eigenvalue weighted by atomic mass is 9.99. The molecule has 7 nitrogen and oxygen atoms in total. The lowest BCUT2D eigenvalue weighted by Gasteiger charge is -2.39. The van der Waals surface area contributed by atoms with Crippen LogP contribution in [0, 0.1) is 0 Å². The van der Waals surface area contributed by atoms with E-state index < -0.39 is 37.3 Å². The molecular weight excluding hydrogens is 254 g/mol. The Balaban J connectivity index is 2.08. The predicted octanol–water partition coefficient (Wildman–Crippen LogP) is -1.55. The Morgan fingerprint density at radius 2 is 1.68 bits per heavy atom. The first-order valence-corrected chi connectivity index (χ1v) is 5.85. The van der Waals surface area contributed by atoms with Gasteiger partial charge >= 0.3 is 0 Å². The van der Waals surface area contributed by atoms with E-state index in [-0.39, 0.29) is 0 Å². The first kappa shape index (κ1) is 14.0. The molecule has 0 spiro atoms. The third-order valence-electron chi connectivity index (χ3n) is 2.98. The fourth-order valence-corrected chi connectivity index (χ4v) is 1.85. The number of aliphatic hydroxyl groups is 4. The highest BCUT2D eigenvalue weighted by atomic mass is 16.7. The molecule has 0 saturated carbocycles. The van der Waals surface area contributed by atoms with Crippen LogP contribution in [-0.4, -0.2) is 57.7 Å². The maximum Gasteiger partial charge on any atom is 0.229 e. The molecule has 1 aliphatic heterocycles. The van der Waals surface area contributed by atoms with Gasteiger partial charge < -0.3 is 35.6 Å². The Bertz CT molecular complexity index is 409. The summed E-state index contributed by atoms with van der Waals surface area (Å²) in [5.74, 6) is 0.388. The van der Waals surface area contributed by atoms with Gasteiger partial charge in [-0.1, -0.05) is 0 Å². The minimum atomic E-state index is -1.45. The Morgan fingerprint density at radius 3 is 2.26 bits per heavy atom. The molecule has 6 N–H and O–H groups in total. The summed E-state index contributed by atoms with van der Waals surface area (Å²) in [5.41, 5.74) is 6.09. The van der Waals surface area contributed by atoms with Crippen molar-refractivity contribution in [1.29, 1.82) is 0 Å². The number of aliphatic hydroxyl groups excluding tert-OH is 4. The molecule has 7 heteroatoms. The lowest BCUT2D eigenvalue weighted by Crippen LogP contribution is -2.60. The molecule has 106 valence electrons. The third kappa shape index (κ3) is 2.96. The van der Waals surface area contributed by atoms with Crippen LogP contribution in [0.2, 0.25) is 0 Å². The number of anilines is 1. The molecule has 0 unspecified atom stereocenters. The van der Waals surface area contributed by atoms with Gasteiger partial charge in [-0.15, -0.1) is 0 Å². The van der Waals surface area contributed by atoms with E-state index >= 15 is 0 Å². The van der Waals surface area contributed by atoms with Gasteiger partial charge in [0, 0.05) is 5.69 Å². The Hall–Kier alpha value is -1.38. The average molecular weight is 271 g/mol. The van der Waals surface area contributed by atoms with Gasteiger partial charge in [-0.3, -0.25) is 0 Å². The summed E-state index contributed by atoms with van der Waals surface area (Å²) in [4.78, 5) is 0. The van der Waals surface area contributed by atoms with Crippen molar-refractivity contribution in [2.24, 2.45) is 0 Å². The van der Waals surface area contributed by atoms with Gasteiger partial charge in [0.1, 0.15) is 30.2 Å². The molecule has 0 aliphatic carbocycles. The van der Waals surface area contributed by atoms with Gasteiger partial charge in [-0.2, -0.15) is 0 Å². The van der Waals surface area contributed by atoms with E-state index in [0.717, 1.165) is 0 Å². The van der Waals surface area contributed by atoms with Crippen LogP contribution in [0.3, 0.4) is 0 Å². The topological polar surface area (TPSA) is 125 Å². The molecule has 1 fully saturated rings. The molecule has 1 heterocycles. The quantitative estimate of drug-likeness (QED) is 0.421. The number of nitrogens with two attached hydrogens (primary N) is 1. The van der Waals surface area contributed by atoms with Crippen LogP contribution in [0.1, 0.15) is 0 Å². The molecular formula is C12H17NO6. The highest BCUT2D eigenvalue weighted by Crippen LogP contribution is 2.24. The number of hydrogen-bond acceptors (Lipinski definition) is 7. The normalized spacial score (nSPS) is 35.1. The molecule has 2 rings (SSSR count). The van der Waals surface area contributed by atoms with Crippen molar-refractivity contribution in [3.05, 3.63) is 24.3 Å². The molecule has 0 radical (unpaired) electrons. The maximum absolute atomic E-state index is 9.77. The molecule has 0 bridgehead atoms. The van der Waals surface area contributed by atoms with Crippen LogP contribution in [0.15, 0.2) is 24.3 Å². The molecule has 1 aromatic carbocycles. The average Bonchev–Trinajstić information content (AvgIpc) is 2.42. The summed E-state index contributed by atoms with van der Waals surface area (Å²) in [7, 11) is 0. The standard InChI is InChI=1S/C12H17NO6/c13-6-1-3-7(4-2-6)18-12-11(17)10(16)9(15)8(5-14)19-12/h1-4,8-12,14-17H,5,13H2/t8-,9-,10+,11+,12-/m1/s1. The van der Waals surface area contributed by atoms with Crippen LogP contribution < -0.4 is 10.5 Å². The molecule has 1 saturated heterocycles. The fraction of sp³-hybridized carbons (Fsp3) is 0.500. The van der Waals surface area contributed by atoms with E-state index in [1.165, 1.54) is 0 Å². The van der Waals surface area contributed by atoms with Crippen LogP contribution in [-0.2, 0) is 4.74 Å². The first-order chi connectivity index (χ1) is 9.02. The van der Waals surface area contributed by atoms with Crippen LogP contribution >= 0.6 is 0 Å². The van der Waals surface area contributed by atoms with Crippen molar-refractivity contribution in [3.63, 3.8) is 0 Å². The molecule has 5 atom stereocenters. The van der Waals surface area contributed by atoms with Gasteiger partial charge in [-0.25, -0.2) is 0 Å². The van der Waals surface area contributed by atoms with E-state index in [0.29, 0.717) is 11.4 Å². The maximum atomic E-state index is 9.77. The SMILES string of the molecule is Nc1ccc(O[C@@H]2O[C@H](CO)[C@@H](O)[C@H](O)[C@@H]2O)cc1. The predicted molar refractivity (Wildman–Crippen MR) is 65.2 cm³/mol. The monoisotopic (exact) mass is 271 g/mol. The summed E-state index contributed by atoms with van der Waals surface area (Å²) in [6.07, 6.45) is -6.44. The summed E-state index contributed by atoms with van der Waals surface area (Å²) in [5, 5.41) is 38.0. The van der Waals surface area contributed by atoms with E-state index in [9.17, 15) is 15.3 Å². The molecule has 19 heavy (non-hydrogen) atoms. The summed E-state index contributed by atoms with van der Waals surface area (Å²) in [6, 6.07) is 6.38. The fourth-order valence-electron chi connectivity index (χ4n) is 1.85. The van der Waals surface area contributed by atoms with Crippen molar-refractivity contribution in [1.82, 2.24) is 0 Å². The van der Waals surface area contributed by atoms with Gasteiger partial charge in [0.25, 0.3) is 0 Å². The number of ether oxygens (including phenoxy) is 2. The third-order valence-corrected chi connectivity index (χ3v) is 2.98. The lowest BCUT2D eigenvalue weighted by molar-refractivity contribution is -0.277. The number of hydrogen-bond donors (Lipinski definition) is 5.